The molecule has 1 heterocycles. The Morgan fingerprint density at radius 3 is 2.13 bits per heavy atom. The maximum Gasteiger partial charge on any atom is 0.333 e. The molecule has 0 N–H and O–H groups in total. The van der Waals surface area contributed by atoms with Gasteiger partial charge in [-0.05, 0) is 86.2 Å². The zero-order chi connectivity index (χ0) is 27.8. The number of esters is 1. The summed E-state index contributed by atoms with van der Waals surface area (Å²) < 4.78 is 41.2. The molecule has 0 radical (unpaired) electrons. The van der Waals surface area contributed by atoms with Crippen LogP contribution in [0.5, 0.6) is 5.75 Å². The van der Waals surface area contributed by atoms with E-state index < -0.39 is 9.84 Å². The Labute approximate surface area is 229 Å². The van der Waals surface area contributed by atoms with Crippen molar-refractivity contribution in [3.05, 3.63) is 78.9 Å². The summed E-state index contributed by atoms with van der Waals surface area (Å²) in [5.41, 5.74) is 4.40. The van der Waals surface area contributed by atoms with Crippen LogP contribution in [0.1, 0.15) is 39.5 Å². The lowest BCUT2D eigenvalue weighted by molar-refractivity contribution is -0.139. The summed E-state index contributed by atoms with van der Waals surface area (Å²) in [6.45, 7) is 7.89. The van der Waals surface area contributed by atoms with Crippen LogP contribution in [0.15, 0.2) is 88.2 Å². The molecule has 7 nitrogen and oxygen atoms in total. The summed E-state index contributed by atoms with van der Waals surface area (Å²) in [4.78, 5) is 16.1. The van der Waals surface area contributed by atoms with E-state index in [1.807, 2.05) is 48.5 Å². The lowest BCUT2D eigenvalue weighted by atomic mass is 10.0. The van der Waals surface area contributed by atoms with Gasteiger partial charge in [0.15, 0.2) is 15.4 Å². The molecule has 0 atom stereocenters. The smallest absolute Gasteiger partial charge is 0.333 e. The van der Waals surface area contributed by atoms with Crippen molar-refractivity contribution in [3.8, 4) is 28.3 Å². The minimum absolute atomic E-state index is 0.0373. The van der Waals surface area contributed by atoms with Gasteiger partial charge in [0.05, 0.1) is 23.9 Å². The van der Waals surface area contributed by atoms with Crippen molar-refractivity contribution in [1.82, 2.24) is 4.98 Å². The van der Waals surface area contributed by atoms with Crippen LogP contribution in [0.25, 0.3) is 33.7 Å². The first-order chi connectivity index (χ1) is 18.8. The predicted molar refractivity (Wildman–Crippen MR) is 152 cm³/mol. The number of oxazole rings is 1. The van der Waals surface area contributed by atoms with E-state index in [-0.39, 0.29) is 16.6 Å². The van der Waals surface area contributed by atoms with Crippen LogP contribution in [-0.2, 0) is 19.4 Å². The van der Waals surface area contributed by atoms with Crippen LogP contribution in [0.4, 0.5) is 0 Å². The van der Waals surface area contributed by atoms with Crippen molar-refractivity contribution in [3.63, 3.8) is 0 Å². The number of sulfone groups is 1. The van der Waals surface area contributed by atoms with Gasteiger partial charge < -0.3 is 13.9 Å². The number of ether oxygens (including phenoxy) is 2. The van der Waals surface area contributed by atoms with Gasteiger partial charge in [0, 0.05) is 11.1 Å². The Kier molecular flexibility index (Phi) is 9.19. The molecule has 0 spiro atoms. The number of carbonyl (C=O) groups is 1. The Morgan fingerprint density at radius 1 is 0.872 bits per heavy atom. The fraction of sp³-hybridized carbons (Fsp3) is 0.290. The maximum absolute atomic E-state index is 12.2. The summed E-state index contributed by atoms with van der Waals surface area (Å²) in [6.07, 6.45) is 3.76. The summed E-state index contributed by atoms with van der Waals surface area (Å²) in [7, 11) is -3.31. The van der Waals surface area contributed by atoms with Crippen molar-refractivity contribution in [2.24, 2.45) is 0 Å². The van der Waals surface area contributed by atoms with E-state index in [1.165, 1.54) is 0 Å². The molecule has 0 bridgehead atoms. The number of benzene rings is 3. The first-order valence-corrected chi connectivity index (χ1v) is 14.7. The van der Waals surface area contributed by atoms with Gasteiger partial charge in [-0.1, -0.05) is 37.8 Å². The first-order valence-electron chi connectivity index (χ1n) is 13.1. The minimum atomic E-state index is -3.31. The largest absolute Gasteiger partial charge is 0.494 e. The first kappa shape index (κ1) is 28.1. The van der Waals surface area contributed by atoms with E-state index in [0.717, 1.165) is 48.1 Å². The second-order valence-electron chi connectivity index (χ2n) is 9.33. The molecule has 0 unspecified atom stereocenters. The zero-order valence-electron chi connectivity index (χ0n) is 22.3. The van der Waals surface area contributed by atoms with Gasteiger partial charge in [0.1, 0.15) is 11.3 Å². The molecule has 0 aliphatic rings. The molecule has 39 heavy (non-hydrogen) atoms. The fourth-order valence-corrected chi connectivity index (χ4v) is 4.88. The molecule has 0 saturated carbocycles. The van der Waals surface area contributed by atoms with Crippen LogP contribution in [0, 0.1) is 0 Å². The molecular weight excluding hydrogens is 514 g/mol. The van der Waals surface area contributed by atoms with Crippen LogP contribution < -0.4 is 4.74 Å². The topological polar surface area (TPSA) is 95.7 Å². The normalized spacial score (nSPS) is 11.4. The number of nitrogens with zero attached hydrogens (tertiary/aromatic N) is 1. The third-order valence-electron chi connectivity index (χ3n) is 6.31. The predicted octanol–water partition coefficient (Wildman–Crippen LogP) is 7.01. The molecule has 1 aromatic heterocycles. The van der Waals surface area contributed by atoms with E-state index in [4.69, 9.17) is 13.9 Å². The summed E-state index contributed by atoms with van der Waals surface area (Å²) in [5, 5.41) is 0. The Bertz CT molecular complexity index is 1540. The van der Waals surface area contributed by atoms with Gasteiger partial charge in [-0.2, -0.15) is 0 Å². The van der Waals surface area contributed by atoms with Gasteiger partial charge in [0.25, 0.3) is 0 Å². The standard InChI is InChI=1S/C31H33NO6S/c1-4-39(34,35)27-17-18-29-28(21-27)32-30(38-29)25-11-9-23(10-12-25)24-13-15-26(16-14-24)36-19-7-5-6-8-20-37-31(33)22(2)3/h9-18,21H,2,4-8,19-20H2,1,3H3. The fourth-order valence-electron chi connectivity index (χ4n) is 3.98. The van der Waals surface area contributed by atoms with E-state index in [0.29, 0.717) is 35.8 Å². The third kappa shape index (κ3) is 7.35. The van der Waals surface area contributed by atoms with E-state index >= 15 is 0 Å². The van der Waals surface area contributed by atoms with Crippen molar-refractivity contribution < 1.29 is 27.1 Å². The highest BCUT2D eigenvalue weighted by Crippen LogP contribution is 2.29. The minimum Gasteiger partial charge on any atom is -0.494 e. The highest BCUT2D eigenvalue weighted by atomic mass is 32.2. The van der Waals surface area contributed by atoms with Crippen molar-refractivity contribution in [1.29, 1.82) is 0 Å². The Balaban J connectivity index is 1.27. The quantitative estimate of drug-likeness (QED) is 0.101. The molecule has 8 heteroatoms. The second kappa shape index (κ2) is 12.8. The van der Waals surface area contributed by atoms with Gasteiger partial charge in [-0.3, -0.25) is 0 Å². The van der Waals surface area contributed by atoms with Gasteiger partial charge >= 0.3 is 5.97 Å². The number of fused-ring (bicyclic) bond motifs is 1. The average molecular weight is 548 g/mol. The number of hydrogen-bond donors (Lipinski definition) is 0. The maximum atomic E-state index is 12.2. The number of rotatable bonds is 13. The number of carbonyl (C=O) groups excluding carboxylic acids is 1. The monoisotopic (exact) mass is 547 g/mol. The van der Waals surface area contributed by atoms with Crippen LogP contribution in [0.3, 0.4) is 0 Å². The second-order valence-corrected chi connectivity index (χ2v) is 11.6. The van der Waals surface area contributed by atoms with Gasteiger partial charge in [0.2, 0.25) is 5.89 Å². The number of aromatic nitrogens is 1. The summed E-state index contributed by atoms with van der Waals surface area (Å²) in [6, 6.07) is 20.6. The van der Waals surface area contributed by atoms with Crippen LogP contribution in [-0.4, -0.2) is 38.3 Å². The number of unbranched alkanes of at least 4 members (excludes halogenated alkanes) is 3. The molecule has 0 aliphatic heterocycles. The lowest BCUT2D eigenvalue weighted by Crippen LogP contribution is -2.06. The molecule has 204 valence electrons. The lowest BCUT2D eigenvalue weighted by Gasteiger charge is -2.08. The molecule has 3 aromatic carbocycles. The molecule has 4 rings (SSSR count). The van der Waals surface area contributed by atoms with E-state index in [2.05, 4.69) is 11.6 Å². The molecule has 0 fully saturated rings. The van der Waals surface area contributed by atoms with Gasteiger partial charge in [-0.15, -0.1) is 0 Å². The summed E-state index contributed by atoms with van der Waals surface area (Å²) in [5.74, 6) is 0.971. The van der Waals surface area contributed by atoms with Crippen molar-refractivity contribution >= 4 is 26.9 Å². The average Bonchev–Trinajstić information content (AvgIpc) is 3.38. The highest BCUT2D eigenvalue weighted by Gasteiger charge is 2.15. The van der Waals surface area contributed by atoms with Gasteiger partial charge in [-0.25, -0.2) is 18.2 Å². The molecule has 4 aromatic rings. The van der Waals surface area contributed by atoms with Crippen molar-refractivity contribution in [2.75, 3.05) is 19.0 Å². The molecule has 0 aliphatic carbocycles. The van der Waals surface area contributed by atoms with Crippen LogP contribution >= 0.6 is 0 Å². The highest BCUT2D eigenvalue weighted by molar-refractivity contribution is 7.91. The Hall–Kier alpha value is -3.91. The van der Waals surface area contributed by atoms with E-state index in [9.17, 15) is 13.2 Å². The summed E-state index contributed by atoms with van der Waals surface area (Å²) >= 11 is 0. The molecule has 0 amide bonds. The Morgan fingerprint density at radius 2 is 1.49 bits per heavy atom. The van der Waals surface area contributed by atoms with Crippen LogP contribution in [0.2, 0.25) is 0 Å². The SMILES string of the molecule is C=C(C)C(=O)OCCCCCCOc1ccc(-c2ccc(-c3nc4cc(S(=O)(=O)CC)ccc4o3)cc2)cc1. The molecule has 0 saturated heterocycles. The number of hydrogen-bond acceptors (Lipinski definition) is 7. The zero-order valence-corrected chi connectivity index (χ0v) is 23.1. The van der Waals surface area contributed by atoms with Crippen molar-refractivity contribution in [2.45, 2.75) is 44.4 Å². The van der Waals surface area contributed by atoms with E-state index in [1.54, 1.807) is 32.0 Å². The molecular formula is C31H33NO6S. The third-order valence-corrected chi connectivity index (χ3v) is 8.04.